The Morgan fingerprint density at radius 2 is 0.811 bits per heavy atom. The van der Waals surface area contributed by atoms with Crippen LogP contribution in [0, 0.1) is 18.8 Å². The molecule has 0 saturated carbocycles. The van der Waals surface area contributed by atoms with Crippen LogP contribution in [-0.4, -0.2) is 24.5 Å². The molecule has 0 radical (unpaired) electrons. The van der Waals surface area contributed by atoms with Gasteiger partial charge in [0.15, 0.2) is 0 Å². The van der Waals surface area contributed by atoms with Crippen molar-refractivity contribution in [3.05, 3.63) is 305 Å². The largest absolute Gasteiger partial charge is 2.00 e. The van der Waals surface area contributed by atoms with Crippen molar-refractivity contribution in [1.82, 2.24) is 24.5 Å². The molecule has 12 heteroatoms. The number of aromatic nitrogens is 6. The standard InChI is InChI=1S/2C16H11N2.2C15H13N2.BrH.ClH.2Pt/c2*1-2-7-13(8-3-1)14-10-6-11-16(18-14)15-9-4-5-12-17-15;2*1-3-7-14(8-4-1)16-11-12-17(13-16)15-9-5-2-6-10-15;;;;/h2*1-7,9-12H;2*1-13H;2*1H;;/q3*-1;+1;;;2*+2/p-1. The topological polar surface area (TPSA) is 66.9 Å². The number of pyridine rings is 4. The Morgan fingerprint density at radius 3 is 1.23 bits per heavy atom. The van der Waals surface area contributed by atoms with E-state index >= 15 is 0 Å². The Labute approximate surface area is 474 Å². The Hall–Kier alpha value is -7.38. The maximum atomic E-state index is 4.62. The third-order valence-corrected chi connectivity index (χ3v) is 10.8. The molecule has 11 aromatic rings. The van der Waals surface area contributed by atoms with Crippen LogP contribution in [0.4, 0.5) is 11.4 Å². The molecule has 0 spiro atoms. The monoisotopic (exact) mass is 1410 g/mol. The maximum absolute atomic E-state index is 4.62. The van der Waals surface area contributed by atoms with Crippen molar-refractivity contribution in [2.45, 2.75) is 0 Å². The number of halogens is 2. The molecule has 5 aromatic heterocycles. The zero-order valence-corrected chi connectivity index (χ0v) is 46.7. The van der Waals surface area contributed by atoms with E-state index in [0.29, 0.717) is 0 Å². The van der Waals surface area contributed by atoms with Gasteiger partial charge in [0.25, 0.3) is 6.33 Å². The second-order valence-electron chi connectivity index (χ2n) is 15.6. The first-order valence-corrected chi connectivity index (χ1v) is 25.8. The van der Waals surface area contributed by atoms with Crippen molar-refractivity contribution < 1.29 is 44.4 Å². The van der Waals surface area contributed by atoms with Crippen LogP contribution >= 0.6 is 26.4 Å². The van der Waals surface area contributed by atoms with Crippen molar-refractivity contribution in [2.24, 2.45) is 0 Å². The van der Waals surface area contributed by atoms with Crippen LogP contribution in [0.5, 0.6) is 0 Å². The Morgan fingerprint density at radius 1 is 0.419 bits per heavy atom. The summed E-state index contributed by atoms with van der Waals surface area (Å²) in [6.45, 7) is 2.07. The molecule has 0 fully saturated rings. The average molecular weight is 1410 g/mol. The second kappa shape index (κ2) is 30.6. The number of benzene rings is 6. The summed E-state index contributed by atoms with van der Waals surface area (Å²) >= 11 is 1.61. The predicted octanol–water partition coefficient (Wildman–Crippen LogP) is 14.8. The molecule has 0 unspecified atom stereocenters. The van der Waals surface area contributed by atoms with E-state index in [-0.39, 0.29) is 38.0 Å². The van der Waals surface area contributed by atoms with Gasteiger partial charge in [-0.05, 0) is 109 Å². The molecule has 0 atom stereocenters. The average Bonchev–Trinajstić information content (AvgIpc) is 4.21. The molecule has 8 nitrogen and oxygen atoms in total. The predicted molar refractivity (Wildman–Crippen MR) is 298 cm³/mol. The summed E-state index contributed by atoms with van der Waals surface area (Å²) < 4.78 is 4.21. The number of hydrogen-bond acceptors (Lipinski definition) is 6. The smallest absolute Gasteiger partial charge is 0.295 e. The van der Waals surface area contributed by atoms with Gasteiger partial charge in [-0.1, -0.05) is 109 Å². The van der Waals surface area contributed by atoms with Gasteiger partial charge in [-0.2, -0.15) is 0 Å². The molecule has 0 aliphatic carbocycles. The van der Waals surface area contributed by atoms with E-state index in [1.54, 1.807) is 31.2 Å². The minimum atomic E-state index is 0. The fourth-order valence-corrected chi connectivity index (χ4v) is 7.31. The van der Waals surface area contributed by atoms with Gasteiger partial charge in [0, 0.05) is 23.8 Å². The molecular weight excluding hydrogens is 1360 g/mol. The molecule has 0 N–H and O–H groups in total. The molecule has 0 saturated heterocycles. The van der Waals surface area contributed by atoms with Gasteiger partial charge in [0.05, 0.1) is 22.8 Å². The van der Waals surface area contributed by atoms with E-state index in [9.17, 15) is 0 Å². The number of rotatable bonds is 8. The van der Waals surface area contributed by atoms with Gasteiger partial charge >= 0.3 is 49.3 Å². The van der Waals surface area contributed by atoms with Crippen molar-refractivity contribution in [1.29, 1.82) is 0 Å². The summed E-state index contributed by atoms with van der Waals surface area (Å²) in [5.41, 5.74) is 12.0. The van der Waals surface area contributed by atoms with E-state index in [1.165, 1.54) is 22.7 Å². The van der Waals surface area contributed by atoms with Crippen molar-refractivity contribution in [3.63, 3.8) is 0 Å². The number of nitrogens with zero attached hydrogens (tertiary/aromatic N) is 8. The first-order valence-electron chi connectivity index (χ1n) is 23.0. The molecule has 6 aromatic carbocycles. The molecule has 370 valence electrons. The fraction of sp³-hybridized carbons (Fsp3) is 0. The van der Waals surface area contributed by atoms with Crippen LogP contribution in [0.1, 0.15) is 0 Å². The minimum Gasteiger partial charge on any atom is -0.295 e. The summed E-state index contributed by atoms with van der Waals surface area (Å²) in [7, 11) is 4.61. The van der Waals surface area contributed by atoms with Gasteiger partial charge in [-0.15, -0.1) is 95.4 Å². The number of para-hydroxylation sites is 4. The minimum absolute atomic E-state index is 0. The van der Waals surface area contributed by atoms with Gasteiger partial charge in [0.2, 0.25) is 0 Å². The summed E-state index contributed by atoms with van der Waals surface area (Å²) in [6.07, 6.45) is 13.9. The molecule has 1 aliphatic rings. The van der Waals surface area contributed by atoms with E-state index in [4.69, 9.17) is 0 Å². The molecule has 1 aliphatic heterocycles. The van der Waals surface area contributed by atoms with Crippen molar-refractivity contribution in [2.75, 3.05) is 9.80 Å². The fourth-order valence-electron chi connectivity index (χ4n) is 7.31. The zero-order chi connectivity index (χ0) is 49.4. The van der Waals surface area contributed by atoms with Gasteiger partial charge in [-0.25, -0.2) is 9.13 Å². The van der Waals surface area contributed by atoms with Crippen LogP contribution < -0.4 is 14.4 Å². The molecule has 0 amide bonds. The van der Waals surface area contributed by atoms with Gasteiger partial charge in [-0.3, -0.25) is 19.9 Å². The summed E-state index contributed by atoms with van der Waals surface area (Å²) in [4.78, 5) is 22.1. The number of anilines is 2. The molecule has 12 rings (SSSR count). The van der Waals surface area contributed by atoms with E-state index in [0.717, 1.165) is 45.3 Å². The van der Waals surface area contributed by atoms with E-state index < -0.39 is 0 Å². The first kappa shape index (κ1) is 55.9. The maximum Gasteiger partial charge on any atom is 2.00 e. The summed E-state index contributed by atoms with van der Waals surface area (Å²) in [5.74, 6) is 0. The van der Waals surface area contributed by atoms with Crippen molar-refractivity contribution in [3.8, 4) is 56.7 Å². The molecule has 74 heavy (non-hydrogen) atoms. The van der Waals surface area contributed by atoms with Crippen LogP contribution in [-0.2, 0) is 39.8 Å². The number of hydrogen-bond donors (Lipinski definition) is 0. The van der Waals surface area contributed by atoms with Crippen LogP contribution in [0.25, 0.3) is 56.7 Å². The van der Waals surface area contributed by atoms with Crippen LogP contribution in [0.2, 0.25) is 0 Å². The SMILES string of the molecule is Br.C1=CN(c2ccccc2)[CH-]N1c1ccccc1.[Cl][Pt+].[Pt+2].[c-]1ccccc1-c1cccc(-c2ccccn2)n1.[c-]1ccccc1-c1cccc(-c2ccccn2)n1.c1ccc(-n2cc[n+](-c3ccccc3)c2)cc1. The third kappa shape index (κ3) is 16.3. The third-order valence-electron chi connectivity index (χ3n) is 10.8. The summed E-state index contributed by atoms with van der Waals surface area (Å²) in [5, 5.41) is 0. The quantitative estimate of drug-likeness (QED) is 0.112. The normalized spacial score (nSPS) is 10.7. The van der Waals surface area contributed by atoms with E-state index in [2.05, 4.69) is 147 Å². The van der Waals surface area contributed by atoms with Crippen molar-refractivity contribution >= 4 is 37.8 Å². The summed E-state index contributed by atoms with van der Waals surface area (Å²) in [6, 6.07) is 86.8. The van der Waals surface area contributed by atoms with E-state index in [1.807, 2.05) is 194 Å². The Bertz CT molecular complexity index is 2960. The second-order valence-corrected chi connectivity index (χ2v) is 15.6. The Balaban J connectivity index is 0.000000157. The van der Waals surface area contributed by atoms with Crippen LogP contribution in [0.15, 0.2) is 286 Å². The zero-order valence-electron chi connectivity index (χ0n) is 39.7. The first-order chi connectivity index (χ1) is 35.7. The molecule has 6 heterocycles. The Kier molecular flexibility index (Phi) is 23.1. The number of imidazole rings is 1. The molecule has 0 bridgehead atoms. The van der Waals surface area contributed by atoms with Gasteiger partial charge < -0.3 is 9.80 Å². The van der Waals surface area contributed by atoms with Gasteiger partial charge in [0.1, 0.15) is 23.8 Å². The molecular formula is C62H49BrClN8Pt2+. The van der Waals surface area contributed by atoms with Crippen LogP contribution in [0.3, 0.4) is 0 Å².